The standard InChI is InChI=1S/C18H29BrN2/c1-4-20-12-15-5-6-16(18(19)11-15)13-21(17-7-8-17)10-9-14(2)3/h5-6,11,14,17,20H,4,7-10,12-13H2,1-3H3. The number of benzene rings is 1. The van der Waals surface area contributed by atoms with E-state index >= 15 is 0 Å². The Hall–Kier alpha value is -0.380. The number of nitrogens with zero attached hydrogens (tertiary/aromatic N) is 1. The van der Waals surface area contributed by atoms with Crippen molar-refractivity contribution in [3.05, 3.63) is 33.8 Å². The van der Waals surface area contributed by atoms with Gasteiger partial charge in [-0.2, -0.15) is 0 Å². The van der Waals surface area contributed by atoms with Crippen LogP contribution in [-0.4, -0.2) is 24.0 Å². The Morgan fingerprint density at radius 1 is 1.33 bits per heavy atom. The average molecular weight is 353 g/mol. The van der Waals surface area contributed by atoms with Crippen LogP contribution in [0.4, 0.5) is 0 Å². The molecule has 0 aliphatic heterocycles. The maximum atomic E-state index is 3.76. The molecule has 0 radical (unpaired) electrons. The third kappa shape index (κ3) is 5.72. The summed E-state index contributed by atoms with van der Waals surface area (Å²) in [5, 5.41) is 3.38. The molecule has 1 aliphatic carbocycles. The van der Waals surface area contributed by atoms with Gasteiger partial charge in [0.2, 0.25) is 0 Å². The van der Waals surface area contributed by atoms with Gasteiger partial charge in [-0.1, -0.05) is 48.8 Å². The van der Waals surface area contributed by atoms with Gasteiger partial charge in [0.1, 0.15) is 0 Å². The molecule has 1 N–H and O–H groups in total. The van der Waals surface area contributed by atoms with Gasteiger partial charge in [-0.05, 0) is 55.5 Å². The first-order valence-electron chi connectivity index (χ1n) is 8.32. The normalized spacial score (nSPS) is 15.1. The quantitative estimate of drug-likeness (QED) is 0.700. The van der Waals surface area contributed by atoms with Crippen molar-refractivity contribution in [2.45, 2.75) is 59.2 Å². The summed E-state index contributed by atoms with van der Waals surface area (Å²) in [5.74, 6) is 0.789. The molecule has 21 heavy (non-hydrogen) atoms. The number of hydrogen-bond acceptors (Lipinski definition) is 2. The molecule has 2 nitrogen and oxygen atoms in total. The van der Waals surface area contributed by atoms with E-state index in [2.05, 4.69) is 65.1 Å². The van der Waals surface area contributed by atoms with Crippen molar-refractivity contribution in [1.82, 2.24) is 10.2 Å². The fourth-order valence-corrected chi connectivity index (χ4v) is 3.12. The van der Waals surface area contributed by atoms with Crippen LogP contribution in [0.1, 0.15) is 51.2 Å². The first-order valence-corrected chi connectivity index (χ1v) is 9.11. The molecular weight excluding hydrogens is 324 g/mol. The highest BCUT2D eigenvalue weighted by Crippen LogP contribution is 2.30. The molecule has 1 aromatic carbocycles. The van der Waals surface area contributed by atoms with Crippen LogP contribution in [0.5, 0.6) is 0 Å². The molecule has 0 heterocycles. The summed E-state index contributed by atoms with van der Waals surface area (Å²) in [6.45, 7) is 11.1. The van der Waals surface area contributed by atoms with Gasteiger partial charge in [-0.25, -0.2) is 0 Å². The molecule has 0 amide bonds. The Morgan fingerprint density at radius 3 is 2.67 bits per heavy atom. The van der Waals surface area contributed by atoms with E-state index in [1.54, 1.807) is 0 Å². The number of hydrogen-bond donors (Lipinski definition) is 1. The molecule has 0 atom stereocenters. The largest absolute Gasteiger partial charge is 0.313 e. The van der Waals surface area contributed by atoms with Crippen molar-refractivity contribution in [2.75, 3.05) is 13.1 Å². The molecule has 0 aromatic heterocycles. The molecule has 118 valence electrons. The third-order valence-electron chi connectivity index (χ3n) is 4.13. The predicted octanol–water partition coefficient (Wildman–Crippen LogP) is 4.57. The Bertz CT molecular complexity index is 441. The van der Waals surface area contributed by atoms with Crippen molar-refractivity contribution < 1.29 is 0 Å². The van der Waals surface area contributed by atoms with Crippen molar-refractivity contribution in [3.63, 3.8) is 0 Å². The Balaban J connectivity index is 1.96. The van der Waals surface area contributed by atoms with E-state index in [9.17, 15) is 0 Å². The highest BCUT2D eigenvalue weighted by atomic mass is 79.9. The number of nitrogens with one attached hydrogen (secondary N) is 1. The zero-order valence-electron chi connectivity index (χ0n) is 13.7. The summed E-state index contributed by atoms with van der Waals surface area (Å²) < 4.78 is 1.26. The minimum Gasteiger partial charge on any atom is -0.313 e. The van der Waals surface area contributed by atoms with Crippen LogP contribution in [-0.2, 0) is 13.1 Å². The lowest BCUT2D eigenvalue weighted by Crippen LogP contribution is -2.27. The van der Waals surface area contributed by atoms with E-state index < -0.39 is 0 Å². The molecule has 1 aliphatic rings. The van der Waals surface area contributed by atoms with Gasteiger partial charge in [0.15, 0.2) is 0 Å². The first-order chi connectivity index (χ1) is 10.1. The van der Waals surface area contributed by atoms with E-state index in [1.807, 2.05) is 0 Å². The predicted molar refractivity (Wildman–Crippen MR) is 94.4 cm³/mol. The fraction of sp³-hybridized carbons (Fsp3) is 0.667. The van der Waals surface area contributed by atoms with Crippen LogP contribution in [0.2, 0.25) is 0 Å². The SMILES string of the molecule is CCNCc1ccc(CN(CCC(C)C)C2CC2)c(Br)c1. The maximum absolute atomic E-state index is 3.76. The molecule has 0 saturated heterocycles. The van der Waals surface area contributed by atoms with Crippen molar-refractivity contribution in [2.24, 2.45) is 5.92 Å². The van der Waals surface area contributed by atoms with Crippen LogP contribution in [0.25, 0.3) is 0 Å². The molecule has 0 spiro atoms. The van der Waals surface area contributed by atoms with E-state index in [-0.39, 0.29) is 0 Å². The summed E-state index contributed by atoms with van der Waals surface area (Å²) in [4.78, 5) is 2.67. The summed E-state index contributed by atoms with van der Waals surface area (Å²) in [6, 6.07) is 7.65. The molecule has 3 heteroatoms. The van der Waals surface area contributed by atoms with Gasteiger partial charge < -0.3 is 5.32 Å². The third-order valence-corrected chi connectivity index (χ3v) is 4.87. The summed E-state index contributed by atoms with van der Waals surface area (Å²) in [5.41, 5.74) is 2.78. The van der Waals surface area contributed by atoms with Crippen molar-refractivity contribution >= 4 is 15.9 Å². The second kappa shape index (κ2) is 8.30. The summed E-state index contributed by atoms with van der Waals surface area (Å²) in [7, 11) is 0. The molecule has 1 aromatic rings. The van der Waals surface area contributed by atoms with E-state index in [1.165, 1.54) is 41.4 Å². The molecule has 2 rings (SSSR count). The van der Waals surface area contributed by atoms with E-state index in [0.29, 0.717) is 0 Å². The van der Waals surface area contributed by atoms with Crippen LogP contribution in [0, 0.1) is 5.92 Å². The zero-order chi connectivity index (χ0) is 15.2. The fourth-order valence-electron chi connectivity index (χ4n) is 2.57. The smallest absolute Gasteiger partial charge is 0.0247 e. The zero-order valence-corrected chi connectivity index (χ0v) is 15.2. The number of rotatable bonds is 9. The maximum Gasteiger partial charge on any atom is 0.0247 e. The average Bonchev–Trinajstić information content (AvgIpc) is 3.27. The highest BCUT2D eigenvalue weighted by molar-refractivity contribution is 9.10. The molecule has 1 fully saturated rings. The minimum absolute atomic E-state index is 0.789. The van der Waals surface area contributed by atoms with Gasteiger partial charge in [-0.15, -0.1) is 0 Å². The van der Waals surface area contributed by atoms with Gasteiger partial charge in [-0.3, -0.25) is 4.90 Å². The molecular formula is C18H29BrN2. The second-order valence-electron chi connectivity index (χ2n) is 6.59. The van der Waals surface area contributed by atoms with Gasteiger partial charge >= 0.3 is 0 Å². The Morgan fingerprint density at radius 2 is 2.10 bits per heavy atom. The van der Waals surface area contributed by atoms with Crippen molar-refractivity contribution in [1.29, 1.82) is 0 Å². The van der Waals surface area contributed by atoms with Crippen LogP contribution in [0.3, 0.4) is 0 Å². The van der Waals surface area contributed by atoms with Gasteiger partial charge in [0.25, 0.3) is 0 Å². The first kappa shape index (κ1) is 17.0. The van der Waals surface area contributed by atoms with Gasteiger partial charge in [0.05, 0.1) is 0 Å². The lowest BCUT2D eigenvalue weighted by atomic mass is 10.1. The van der Waals surface area contributed by atoms with E-state index in [0.717, 1.165) is 31.6 Å². The second-order valence-corrected chi connectivity index (χ2v) is 7.44. The molecule has 0 unspecified atom stereocenters. The minimum atomic E-state index is 0.789. The Labute approximate surface area is 138 Å². The topological polar surface area (TPSA) is 15.3 Å². The molecule has 1 saturated carbocycles. The van der Waals surface area contributed by atoms with Crippen LogP contribution < -0.4 is 5.32 Å². The summed E-state index contributed by atoms with van der Waals surface area (Å²) >= 11 is 3.76. The Kier molecular flexibility index (Phi) is 6.72. The van der Waals surface area contributed by atoms with E-state index in [4.69, 9.17) is 0 Å². The lowest BCUT2D eigenvalue weighted by Gasteiger charge is -2.24. The lowest BCUT2D eigenvalue weighted by molar-refractivity contribution is 0.239. The van der Waals surface area contributed by atoms with Crippen LogP contribution in [0.15, 0.2) is 22.7 Å². The van der Waals surface area contributed by atoms with Crippen molar-refractivity contribution in [3.8, 4) is 0 Å². The van der Waals surface area contributed by atoms with Gasteiger partial charge in [0, 0.05) is 23.6 Å². The van der Waals surface area contributed by atoms with Crippen LogP contribution >= 0.6 is 15.9 Å². The molecule has 0 bridgehead atoms. The summed E-state index contributed by atoms with van der Waals surface area (Å²) in [6.07, 6.45) is 4.06. The number of halogens is 1. The highest BCUT2D eigenvalue weighted by Gasteiger charge is 2.29. The monoisotopic (exact) mass is 352 g/mol.